The van der Waals surface area contributed by atoms with Gasteiger partial charge in [0, 0.05) is 13.1 Å². The summed E-state index contributed by atoms with van der Waals surface area (Å²) in [6.45, 7) is 1.96. The van der Waals surface area contributed by atoms with Crippen LogP contribution >= 0.6 is 11.6 Å². The fourth-order valence-corrected chi connectivity index (χ4v) is 5.13. The largest absolute Gasteiger partial charge is 0.417 e. The maximum absolute atomic E-state index is 13.1. The molecule has 2 aromatic rings. The van der Waals surface area contributed by atoms with Crippen molar-refractivity contribution in [3.63, 3.8) is 0 Å². The summed E-state index contributed by atoms with van der Waals surface area (Å²) in [7, 11) is -3.74. The molecule has 1 N–H and O–H groups in total. The van der Waals surface area contributed by atoms with Crippen LogP contribution in [0.4, 0.5) is 13.2 Å². The van der Waals surface area contributed by atoms with Crippen LogP contribution in [0.2, 0.25) is 5.02 Å². The van der Waals surface area contributed by atoms with Crippen molar-refractivity contribution in [1.29, 1.82) is 0 Å². The van der Waals surface area contributed by atoms with Crippen LogP contribution in [0.25, 0.3) is 0 Å². The van der Waals surface area contributed by atoms with Crippen molar-refractivity contribution in [2.75, 3.05) is 13.1 Å². The van der Waals surface area contributed by atoms with E-state index < -0.39 is 32.4 Å². The third-order valence-electron chi connectivity index (χ3n) is 5.33. The van der Waals surface area contributed by atoms with E-state index in [1.807, 2.05) is 6.92 Å². The minimum atomic E-state index is -4.64. The number of aliphatic hydroxyl groups is 1. The lowest BCUT2D eigenvalue weighted by molar-refractivity contribution is -0.137. The van der Waals surface area contributed by atoms with Crippen LogP contribution in [-0.2, 0) is 28.2 Å². The van der Waals surface area contributed by atoms with E-state index in [4.69, 9.17) is 11.6 Å². The molecule has 0 bridgehead atoms. The molecular formula is C20H21ClF3NO3S. The highest BCUT2D eigenvalue weighted by atomic mass is 35.5. The first-order valence-electron chi connectivity index (χ1n) is 9.16. The lowest BCUT2D eigenvalue weighted by Gasteiger charge is -2.38. The molecule has 9 heteroatoms. The van der Waals surface area contributed by atoms with E-state index in [1.165, 1.54) is 10.4 Å². The fourth-order valence-electron chi connectivity index (χ4n) is 3.46. The second kappa shape index (κ2) is 7.91. The lowest BCUT2D eigenvalue weighted by atomic mass is 9.84. The van der Waals surface area contributed by atoms with Crippen molar-refractivity contribution in [2.45, 2.75) is 42.9 Å². The summed E-state index contributed by atoms with van der Waals surface area (Å²) in [5.74, 6) is 0. The number of nitrogens with zero attached hydrogens (tertiary/aromatic N) is 1. The van der Waals surface area contributed by atoms with Crippen LogP contribution in [-0.4, -0.2) is 30.9 Å². The third kappa shape index (κ3) is 4.45. The van der Waals surface area contributed by atoms with Crippen molar-refractivity contribution in [2.24, 2.45) is 0 Å². The van der Waals surface area contributed by atoms with Crippen LogP contribution in [0.15, 0.2) is 47.4 Å². The lowest BCUT2D eigenvalue weighted by Crippen LogP contribution is -2.45. The van der Waals surface area contributed by atoms with Gasteiger partial charge in [0.2, 0.25) is 10.0 Å². The first kappa shape index (κ1) is 22.1. The number of sulfonamides is 1. The molecule has 1 heterocycles. The van der Waals surface area contributed by atoms with Crippen LogP contribution in [0, 0.1) is 0 Å². The van der Waals surface area contributed by atoms with Gasteiger partial charge in [-0.1, -0.05) is 36.7 Å². The van der Waals surface area contributed by atoms with E-state index in [2.05, 4.69) is 0 Å². The summed E-state index contributed by atoms with van der Waals surface area (Å²) >= 11 is 5.65. The molecule has 1 aliphatic heterocycles. The Labute approximate surface area is 173 Å². The maximum atomic E-state index is 13.1. The SMILES string of the molecule is CCc1ccc(S(=O)(=O)N2CCC(O)(c3ccc(Cl)c(C(F)(F)F)c3)CC2)cc1. The quantitative estimate of drug-likeness (QED) is 0.745. The zero-order chi connectivity index (χ0) is 21.4. The van der Waals surface area contributed by atoms with Crippen molar-refractivity contribution >= 4 is 21.6 Å². The van der Waals surface area contributed by atoms with Crippen LogP contribution < -0.4 is 0 Å². The van der Waals surface area contributed by atoms with Gasteiger partial charge < -0.3 is 5.11 Å². The Morgan fingerprint density at radius 2 is 1.69 bits per heavy atom. The molecule has 0 unspecified atom stereocenters. The normalized spacial score (nSPS) is 18.0. The van der Waals surface area contributed by atoms with Crippen molar-refractivity contribution in [3.8, 4) is 0 Å². The molecule has 0 spiro atoms. The Kier molecular flexibility index (Phi) is 6.02. The monoisotopic (exact) mass is 447 g/mol. The Morgan fingerprint density at radius 1 is 1.10 bits per heavy atom. The second-order valence-electron chi connectivity index (χ2n) is 7.13. The zero-order valence-electron chi connectivity index (χ0n) is 15.7. The fraction of sp³-hybridized carbons (Fsp3) is 0.400. The molecule has 158 valence electrons. The first-order valence-corrected chi connectivity index (χ1v) is 11.0. The molecule has 4 nitrogen and oxygen atoms in total. The van der Waals surface area contributed by atoms with Gasteiger partial charge in [-0.15, -0.1) is 0 Å². The molecule has 2 aromatic carbocycles. The highest BCUT2D eigenvalue weighted by molar-refractivity contribution is 7.89. The molecule has 0 radical (unpaired) electrons. The molecule has 0 atom stereocenters. The van der Waals surface area contributed by atoms with Gasteiger partial charge >= 0.3 is 6.18 Å². The molecule has 1 aliphatic rings. The number of benzene rings is 2. The van der Waals surface area contributed by atoms with Crippen molar-refractivity contribution < 1.29 is 26.7 Å². The van der Waals surface area contributed by atoms with E-state index >= 15 is 0 Å². The number of aryl methyl sites for hydroxylation is 1. The van der Waals surface area contributed by atoms with Crippen molar-refractivity contribution in [3.05, 3.63) is 64.2 Å². The number of hydrogen-bond acceptors (Lipinski definition) is 3. The Bertz CT molecular complexity index is 983. The van der Waals surface area contributed by atoms with Crippen LogP contribution in [0.3, 0.4) is 0 Å². The standard InChI is InChI=1S/C20H21ClF3NO3S/c1-2-14-3-6-16(7-4-14)29(27,28)25-11-9-19(26,10-12-25)15-5-8-18(21)17(13-15)20(22,23)24/h3-8,13,26H,2,9-12H2,1H3. The average molecular weight is 448 g/mol. The summed E-state index contributed by atoms with van der Waals surface area (Å²) in [6.07, 6.45) is -3.88. The molecule has 1 saturated heterocycles. The molecule has 0 aliphatic carbocycles. The Morgan fingerprint density at radius 3 is 2.21 bits per heavy atom. The van der Waals surface area contributed by atoms with Gasteiger partial charge in [0.25, 0.3) is 0 Å². The van der Waals surface area contributed by atoms with Crippen LogP contribution in [0.5, 0.6) is 0 Å². The van der Waals surface area contributed by atoms with E-state index in [9.17, 15) is 26.7 Å². The summed E-state index contributed by atoms with van der Waals surface area (Å²) in [6, 6.07) is 9.89. The van der Waals surface area contributed by atoms with Gasteiger partial charge in [-0.2, -0.15) is 17.5 Å². The van der Waals surface area contributed by atoms with Crippen LogP contribution in [0.1, 0.15) is 36.5 Å². The molecule has 0 saturated carbocycles. The molecule has 1 fully saturated rings. The molecule has 3 rings (SSSR count). The molecule has 0 amide bonds. The number of alkyl halides is 3. The summed E-state index contributed by atoms with van der Waals surface area (Å²) in [5.41, 5.74) is -1.47. The van der Waals surface area contributed by atoms with Gasteiger partial charge in [-0.25, -0.2) is 8.42 Å². The first-order chi connectivity index (χ1) is 13.5. The van der Waals surface area contributed by atoms with E-state index in [1.54, 1.807) is 24.3 Å². The Hall–Kier alpha value is -1.61. The topological polar surface area (TPSA) is 57.6 Å². The van der Waals surface area contributed by atoms with Gasteiger partial charge in [0.15, 0.2) is 0 Å². The highest BCUT2D eigenvalue weighted by Crippen LogP contribution is 2.40. The zero-order valence-corrected chi connectivity index (χ0v) is 17.3. The highest BCUT2D eigenvalue weighted by Gasteiger charge is 2.40. The van der Waals surface area contributed by atoms with Gasteiger partial charge in [0.05, 0.1) is 21.1 Å². The summed E-state index contributed by atoms with van der Waals surface area (Å²) in [4.78, 5) is 0.158. The maximum Gasteiger partial charge on any atom is 0.417 e. The molecule has 29 heavy (non-hydrogen) atoms. The summed E-state index contributed by atoms with van der Waals surface area (Å²) in [5, 5.41) is 10.5. The van der Waals surface area contributed by atoms with Gasteiger partial charge in [-0.3, -0.25) is 0 Å². The Balaban J connectivity index is 1.80. The van der Waals surface area contributed by atoms with E-state index in [-0.39, 0.29) is 36.4 Å². The smallest absolute Gasteiger partial charge is 0.385 e. The number of hydrogen-bond donors (Lipinski definition) is 1. The van der Waals surface area contributed by atoms with Gasteiger partial charge in [-0.05, 0) is 54.7 Å². The molecular weight excluding hydrogens is 427 g/mol. The number of piperidine rings is 1. The van der Waals surface area contributed by atoms with E-state index in [0.717, 1.165) is 24.1 Å². The van der Waals surface area contributed by atoms with Gasteiger partial charge in [0.1, 0.15) is 0 Å². The predicted molar refractivity (Wildman–Crippen MR) is 104 cm³/mol. The second-order valence-corrected chi connectivity index (χ2v) is 9.47. The average Bonchev–Trinajstić information content (AvgIpc) is 2.67. The minimum Gasteiger partial charge on any atom is -0.385 e. The third-order valence-corrected chi connectivity index (χ3v) is 7.57. The molecule has 0 aromatic heterocycles. The predicted octanol–water partition coefficient (Wildman–Crippen LogP) is 4.59. The summed E-state index contributed by atoms with van der Waals surface area (Å²) < 4.78 is 66.3. The van der Waals surface area contributed by atoms with Crippen molar-refractivity contribution in [1.82, 2.24) is 4.31 Å². The minimum absolute atomic E-state index is 0.00165. The number of halogens is 4. The number of rotatable bonds is 4. The van der Waals surface area contributed by atoms with E-state index in [0.29, 0.717) is 0 Å².